The molecule has 0 aliphatic carbocycles. The summed E-state index contributed by atoms with van der Waals surface area (Å²) in [5, 5.41) is 8.45. The Morgan fingerprint density at radius 3 is 2.52 bits per heavy atom. The number of carbonyl (C=O) groups excluding carboxylic acids is 1. The van der Waals surface area contributed by atoms with Crippen LogP contribution in [0.4, 0.5) is 0 Å². The maximum absolute atomic E-state index is 12.5. The van der Waals surface area contributed by atoms with E-state index in [2.05, 4.69) is 10.2 Å². The third-order valence-corrected chi connectivity index (χ3v) is 3.40. The van der Waals surface area contributed by atoms with Crippen LogP contribution in [0.5, 0.6) is 0 Å². The number of morpholine rings is 1. The van der Waals surface area contributed by atoms with Gasteiger partial charge >= 0.3 is 0 Å². The van der Waals surface area contributed by atoms with Crippen molar-refractivity contribution in [1.29, 1.82) is 0 Å². The molecular weight excluding hydrogens is 268 g/mol. The van der Waals surface area contributed by atoms with Gasteiger partial charge in [0.2, 0.25) is 0 Å². The maximum atomic E-state index is 12.5. The lowest BCUT2D eigenvalue weighted by Crippen LogP contribution is -2.48. The van der Waals surface area contributed by atoms with Crippen molar-refractivity contribution in [3.8, 4) is 5.69 Å². The Hall–Kier alpha value is -2.21. The second kappa shape index (κ2) is 5.65. The van der Waals surface area contributed by atoms with E-state index in [1.807, 2.05) is 44.2 Å². The molecule has 1 aromatic carbocycles. The minimum Gasteiger partial charge on any atom is -0.372 e. The molecule has 0 bridgehead atoms. The average Bonchev–Trinajstić information content (AvgIpc) is 2.96. The van der Waals surface area contributed by atoms with Crippen LogP contribution in [0.15, 0.2) is 36.5 Å². The summed E-state index contributed by atoms with van der Waals surface area (Å²) in [4.78, 5) is 15.7. The highest BCUT2D eigenvalue weighted by Gasteiger charge is 2.28. The van der Waals surface area contributed by atoms with Gasteiger partial charge in [0.1, 0.15) is 0 Å². The molecule has 1 fully saturated rings. The van der Waals surface area contributed by atoms with E-state index < -0.39 is 0 Å². The van der Waals surface area contributed by atoms with Crippen LogP contribution in [0.3, 0.4) is 0 Å². The first-order valence-electron chi connectivity index (χ1n) is 7.06. The summed E-state index contributed by atoms with van der Waals surface area (Å²) in [6.07, 6.45) is 1.60. The van der Waals surface area contributed by atoms with E-state index in [-0.39, 0.29) is 18.1 Å². The molecule has 2 unspecified atom stereocenters. The smallest absolute Gasteiger partial charge is 0.276 e. The third-order valence-electron chi connectivity index (χ3n) is 3.40. The van der Waals surface area contributed by atoms with Crippen molar-refractivity contribution in [3.63, 3.8) is 0 Å². The first kappa shape index (κ1) is 13.8. The number of rotatable bonds is 2. The van der Waals surface area contributed by atoms with Crippen LogP contribution in [-0.4, -0.2) is 51.1 Å². The number of nitrogens with zero attached hydrogens (tertiary/aromatic N) is 4. The normalized spacial score (nSPS) is 22.3. The van der Waals surface area contributed by atoms with Gasteiger partial charge < -0.3 is 9.64 Å². The summed E-state index contributed by atoms with van der Waals surface area (Å²) in [7, 11) is 0. The zero-order valence-corrected chi connectivity index (χ0v) is 12.1. The van der Waals surface area contributed by atoms with Gasteiger partial charge in [-0.25, -0.2) is 0 Å². The molecule has 2 heterocycles. The van der Waals surface area contributed by atoms with E-state index in [1.54, 1.807) is 4.90 Å². The number of amides is 1. The molecule has 1 aliphatic rings. The van der Waals surface area contributed by atoms with Gasteiger partial charge in [0.15, 0.2) is 5.69 Å². The number of hydrogen-bond donors (Lipinski definition) is 0. The van der Waals surface area contributed by atoms with Crippen molar-refractivity contribution in [2.24, 2.45) is 0 Å². The van der Waals surface area contributed by atoms with Gasteiger partial charge in [0.25, 0.3) is 5.91 Å². The van der Waals surface area contributed by atoms with Gasteiger partial charge in [-0.15, -0.1) is 5.10 Å². The fourth-order valence-electron chi connectivity index (χ4n) is 2.55. The molecule has 0 N–H and O–H groups in total. The maximum Gasteiger partial charge on any atom is 0.276 e. The Labute approximate surface area is 123 Å². The Kier molecular flexibility index (Phi) is 3.70. The first-order chi connectivity index (χ1) is 10.1. The molecule has 6 heteroatoms. The zero-order chi connectivity index (χ0) is 14.8. The summed E-state index contributed by atoms with van der Waals surface area (Å²) < 4.78 is 5.64. The molecule has 0 radical (unpaired) electrons. The van der Waals surface area contributed by atoms with E-state index in [4.69, 9.17) is 4.74 Å². The molecule has 0 spiro atoms. The molecule has 1 aliphatic heterocycles. The van der Waals surface area contributed by atoms with Crippen molar-refractivity contribution in [2.45, 2.75) is 26.1 Å². The van der Waals surface area contributed by atoms with Crippen LogP contribution in [0.25, 0.3) is 5.69 Å². The molecular formula is C15H18N4O2. The molecule has 1 saturated heterocycles. The summed E-state index contributed by atoms with van der Waals surface area (Å²) in [5.74, 6) is -0.0980. The number of carbonyl (C=O) groups is 1. The second-order valence-electron chi connectivity index (χ2n) is 5.32. The number of benzene rings is 1. The van der Waals surface area contributed by atoms with Gasteiger partial charge in [0.05, 0.1) is 24.1 Å². The lowest BCUT2D eigenvalue weighted by atomic mass is 10.2. The fourth-order valence-corrected chi connectivity index (χ4v) is 2.55. The highest BCUT2D eigenvalue weighted by Crippen LogP contribution is 2.13. The van der Waals surface area contributed by atoms with E-state index in [9.17, 15) is 4.79 Å². The van der Waals surface area contributed by atoms with Gasteiger partial charge in [-0.05, 0) is 26.0 Å². The zero-order valence-electron chi connectivity index (χ0n) is 12.1. The molecule has 0 saturated carbocycles. The predicted molar refractivity (Wildman–Crippen MR) is 77.3 cm³/mol. The Morgan fingerprint density at radius 1 is 1.19 bits per heavy atom. The molecule has 3 rings (SSSR count). The van der Waals surface area contributed by atoms with Gasteiger partial charge in [0, 0.05) is 13.1 Å². The lowest BCUT2D eigenvalue weighted by Gasteiger charge is -2.34. The average molecular weight is 286 g/mol. The number of ether oxygens (including phenoxy) is 1. The Balaban J connectivity index is 1.78. The van der Waals surface area contributed by atoms with Crippen LogP contribution in [0.2, 0.25) is 0 Å². The lowest BCUT2D eigenvalue weighted by molar-refractivity contribution is -0.0587. The molecule has 2 atom stereocenters. The largest absolute Gasteiger partial charge is 0.372 e. The summed E-state index contributed by atoms with van der Waals surface area (Å²) >= 11 is 0. The van der Waals surface area contributed by atoms with Crippen molar-refractivity contribution in [2.75, 3.05) is 13.1 Å². The van der Waals surface area contributed by atoms with Crippen molar-refractivity contribution in [3.05, 3.63) is 42.2 Å². The van der Waals surface area contributed by atoms with Crippen LogP contribution in [0.1, 0.15) is 24.3 Å². The van der Waals surface area contributed by atoms with Gasteiger partial charge in [-0.3, -0.25) is 4.79 Å². The van der Waals surface area contributed by atoms with Crippen molar-refractivity contribution < 1.29 is 9.53 Å². The second-order valence-corrected chi connectivity index (χ2v) is 5.32. The minimum atomic E-state index is -0.0980. The van der Waals surface area contributed by atoms with E-state index in [0.29, 0.717) is 18.8 Å². The molecule has 2 aromatic rings. The van der Waals surface area contributed by atoms with Gasteiger partial charge in [-0.2, -0.15) is 9.90 Å². The van der Waals surface area contributed by atoms with E-state index in [1.165, 1.54) is 11.0 Å². The van der Waals surface area contributed by atoms with Crippen LogP contribution in [0, 0.1) is 0 Å². The highest BCUT2D eigenvalue weighted by atomic mass is 16.5. The number of hydrogen-bond acceptors (Lipinski definition) is 4. The summed E-state index contributed by atoms with van der Waals surface area (Å²) in [6, 6.07) is 9.53. The predicted octanol–water partition coefficient (Wildman–Crippen LogP) is 1.52. The SMILES string of the molecule is CC1CN(C(=O)c2cnn(-c3ccccc3)n2)CC(C)O1. The molecule has 1 aromatic heterocycles. The highest BCUT2D eigenvalue weighted by molar-refractivity contribution is 5.92. The summed E-state index contributed by atoms with van der Waals surface area (Å²) in [6.45, 7) is 5.11. The molecule has 110 valence electrons. The third kappa shape index (κ3) is 2.95. The Morgan fingerprint density at radius 2 is 1.86 bits per heavy atom. The monoisotopic (exact) mass is 286 g/mol. The molecule has 1 amide bonds. The van der Waals surface area contributed by atoms with Crippen molar-refractivity contribution in [1.82, 2.24) is 19.9 Å². The van der Waals surface area contributed by atoms with Crippen LogP contribution >= 0.6 is 0 Å². The van der Waals surface area contributed by atoms with Crippen LogP contribution < -0.4 is 0 Å². The topological polar surface area (TPSA) is 60.2 Å². The number of aromatic nitrogens is 3. The van der Waals surface area contributed by atoms with Crippen molar-refractivity contribution >= 4 is 5.91 Å². The van der Waals surface area contributed by atoms with Crippen LogP contribution in [-0.2, 0) is 4.74 Å². The summed E-state index contributed by atoms with van der Waals surface area (Å²) in [5.41, 5.74) is 1.19. The van der Waals surface area contributed by atoms with E-state index >= 15 is 0 Å². The minimum absolute atomic E-state index is 0.0434. The number of para-hydroxylation sites is 1. The first-order valence-corrected chi connectivity index (χ1v) is 7.06. The molecule has 21 heavy (non-hydrogen) atoms. The fraction of sp³-hybridized carbons (Fsp3) is 0.400. The standard InChI is InChI=1S/C15H18N4O2/c1-11-9-18(10-12(2)21-11)15(20)14-8-16-19(17-14)13-6-4-3-5-7-13/h3-8,11-12H,9-10H2,1-2H3. The van der Waals surface area contributed by atoms with E-state index in [0.717, 1.165) is 5.69 Å². The van der Waals surface area contributed by atoms with Gasteiger partial charge in [-0.1, -0.05) is 18.2 Å². The molecule has 6 nitrogen and oxygen atoms in total. The Bertz CT molecular complexity index is 616. The quantitative estimate of drug-likeness (QED) is 0.839.